The van der Waals surface area contributed by atoms with E-state index >= 15 is 0 Å². The monoisotopic (exact) mass is 242 g/mol. The van der Waals surface area contributed by atoms with E-state index in [0.717, 1.165) is 12.3 Å². The molecule has 0 bridgehead atoms. The average molecular weight is 242 g/mol. The summed E-state index contributed by atoms with van der Waals surface area (Å²) in [7, 11) is 0. The molecule has 0 atom stereocenters. The van der Waals surface area contributed by atoms with Crippen molar-refractivity contribution in [3.8, 4) is 0 Å². The zero-order chi connectivity index (χ0) is 12.9. The van der Waals surface area contributed by atoms with E-state index in [4.69, 9.17) is 5.11 Å². The van der Waals surface area contributed by atoms with Gasteiger partial charge in [-0.2, -0.15) is 0 Å². The molecule has 17 heavy (non-hydrogen) atoms. The minimum Gasteiger partial charge on any atom is -0.480 e. The highest BCUT2D eigenvalue weighted by atomic mass is 16.4. The topological polar surface area (TPSA) is 78.4 Å². The Labute approximate surface area is 102 Å². The minimum absolute atomic E-state index is 0.407. The Morgan fingerprint density at radius 1 is 1.29 bits per heavy atom. The van der Waals surface area contributed by atoms with E-state index in [1.807, 2.05) is 0 Å². The van der Waals surface area contributed by atoms with Crippen molar-refractivity contribution in [2.45, 2.75) is 51.5 Å². The first-order valence-corrected chi connectivity index (χ1v) is 6.21. The molecular weight excluding hydrogens is 220 g/mol. The van der Waals surface area contributed by atoms with Crippen molar-refractivity contribution in [3.05, 3.63) is 0 Å². The summed E-state index contributed by atoms with van der Waals surface area (Å²) in [5, 5.41) is 14.0. The Kier molecular flexibility index (Phi) is 4.78. The average Bonchev–Trinajstić information content (AvgIpc) is 2.69. The second-order valence-corrected chi connectivity index (χ2v) is 5.25. The SMILES string of the molecule is CC(C)(NC(=O)NCCC1CCCC1)C(=O)O. The zero-order valence-electron chi connectivity index (χ0n) is 10.6. The van der Waals surface area contributed by atoms with Crippen LogP contribution in [0.2, 0.25) is 0 Å². The lowest BCUT2D eigenvalue weighted by molar-refractivity contribution is -0.142. The summed E-state index contributed by atoms with van der Waals surface area (Å²) in [6.07, 6.45) is 6.08. The number of hydrogen-bond donors (Lipinski definition) is 3. The van der Waals surface area contributed by atoms with E-state index < -0.39 is 17.5 Å². The van der Waals surface area contributed by atoms with Gasteiger partial charge in [-0.25, -0.2) is 9.59 Å². The molecule has 98 valence electrons. The Morgan fingerprint density at radius 2 is 1.88 bits per heavy atom. The third-order valence-electron chi connectivity index (χ3n) is 3.27. The number of amides is 2. The number of carbonyl (C=O) groups is 2. The summed E-state index contributed by atoms with van der Waals surface area (Å²) in [4.78, 5) is 22.2. The summed E-state index contributed by atoms with van der Waals surface area (Å²) in [6.45, 7) is 3.55. The zero-order valence-corrected chi connectivity index (χ0v) is 10.6. The van der Waals surface area contributed by atoms with Gasteiger partial charge >= 0.3 is 12.0 Å². The summed E-state index contributed by atoms with van der Waals surface area (Å²) in [6, 6.07) is -0.407. The smallest absolute Gasteiger partial charge is 0.328 e. The third kappa shape index (κ3) is 4.63. The lowest BCUT2D eigenvalue weighted by Gasteiger charge is -2.21. The molecule has 0 aromatic heterocycles. The number of urea groups is 1. The standard InChI is InChI=1S/C12H22N2O3/c1-12(2,10(15)16)14-11(17)13-8-7-9-5-3-4-6-9/h9H,3-8H2,1-2H3,(H,15,16)(H2,13,14,17). The number of nitrogens with one attached hydrogen (secondary N) is 2. The molecule has 1 saturated carbocycles. The van der Waals surface area contributed by atoms with Crippen LogP contribution < -0.4 is 10.6 Å². The van der Waals surface area contributed by atoms with Crippen molar-refractivity contribution in [3.63, 3.8) is 0 Å². The molecule has 0 saturated heterocycles. The van der Waals surface area contributed by atoms with E-state index in [1.54, 1.807) is 0 Å². The molecule has 0 unspecified atom stereocenters. The molecule has 0 aromatic carbocycles. The maximum absolute atomic E-state index is 11.5. The summed E-state index contributed by atoms with van der Waals surface area (Å²) in [5.41, 5.74) is -1.22. The van der Waals surface area contributed by atoms with Crippen LogP contribution in [-0.4, -0.2) is 29.2 Å². The van der Waals surface area contributed by atoms with Gasteiger partial charge in [0.05, 0.1) is 0 Å². The van der Waals surface area contributed by atoms with Crippen LogP contribution in [-0.2, 0) is 4.79 Å². The van der Waals surface area contributed by atoms with Crippen LogP contribution in [0.5, 0.6) is 0 Å². The highest BCUT2D eigenvalue weighted by Crippen LogP contribution is 2.26. The highest BCUT2D eigenvalue weighted by molar-refractivity contribution is 5.85. The van der Waals surface area contributed by atoms with Gasteiger partial charge in [0, 0.05) is 6.54 Å². The Balaban J connectivity index is 2.18. The van der Waals surface area contributed by atoms with E-state index in [0.29, 0.717) is 6.54 Å². The van der Waals surface area contributed by atoms with Gasteiger partial charge in [0.25, 0.3) is 0 Å². The van der Waals surface area contributed by atoms with Crippen molar-refractivity contribution in [1.29, 1.82) is 0 Å². The van der Waals surface area contributed by atoms with E-state index in [9.17, 15) is 9.59 Å². The summed E-state index contributed by atoms with van der Waals surface area (Å²) in [5.74, 6) is -0.314. The van der Waals surface area contributed by atoms with Gasteiger partial charge in [-0.15, -0.1) is 0 Å². The molecule has 0 radical (unpaired) electrons. The number of aliphatic carboxylic acids is 1. The van der Waals surface area contributed by atoms with Crippen LogP contribution >= 0.6 is 0 Å². The van der Waals surface area contributed by atoms with Gasteiger partial charge in [0.2, 0.25) is 0 Å². The number of carboxylic acids is 1. The van der Waals surface area contributed by atoms with Crippen LogP contribution in [0.1, 0.15) is 46.0 Å². The first-order chi connectivity index (χ1) is 7.92. The maximum Gasteiger partial charge on any atom is 0.328 e. The van der Waals surface area contributed by atoms with E-state index in [-0.39, 0.29) is 0 Å². The quantitative estimate of drug-likeness (QED) is 0.687. The van der Waals surface area contributed by atoms with Crippen molar-refractivity contribution < 1.29 is 14.7 Å². The van der Waals surface area contributed by atoms with Crippen molar-refractivity contribution in [2.24, 2.45) is 5.92 Å². The van der Waals surface area contributed by atoms with E-state index in [2.05, 4.69) is 10.6 Å². The van der Waals surface area contributed by atoms with E-state index in [1.165, 1.54) is 39.5 Å². The number of rotatable bonds is 5. The second kappa shape index (κ2) is 5.89. The van der Waals surface area contributed by atoms with Gasteiger partial charge in [-0.3, -0.25) is 0 Å². The Hall–Kier alpha value is -1.26. The minimum atomic E-state index is -1.22. The fourth-order valence-corrected chi connectivity index (χ4v) is 2.07. The lowest BCUT2D eigenvalue weighted by atomic mass is 10.0. The lowest BCUT2D eigenvalue weighted by Crippen LogP contribution is -2.53. The van der Waals surface area contributed by atoms with Crippen molar-refractivity contribution >= 4 is 12.0 Å². The Morgan fingerprint density at radius 3 is 2.41 bits per heavy atom. The number of hydrogen-bond acceptors (Lipinski definition) is 2. The van der Waals surface area contributed by atoms with Gasteiger partial charge in [0.15, 0.2) is 0 Å². The molecule has 5 nitrogen and oxygen atoms in total. The molecule has 1 aliphatic rings. The van der Waals surface area contributed by atoms with Gasteiger partial charge in [-0.1, -0.05) is 25.7 Å². The molecule has 0 aliphatic heterocycles. The fourth-order valence-electron chi connectivity index (χ4n) is 2.07. The van der Waals surface area contributed by atoms with Crippen LogP contribution in [0, 0.1) is 5.92 Å². The summed E-state index contributed by atoms with van der Waals surface area (Å²) < 4.78 is 0. The predicted molar refractivity (Wildman–Crippen MR) is 64.8 cm³/mol. The largest absolute Gasteiger partial charge is 0.480 e. The molecule has 3 N–H and O–H groups in total. The fraction of sp³-hybridized carbons (Fsp3) is 0.833. The normalized spacial score (nSPS) is 16.8. The maximum atomic E-state index is 11.5. The van der Waals surface area contributed by atoms with Gasteiger partial charge in [-0.05, 0) is 26.2 Å². The predicted octanol–water partition coefficient (Wildman–Crippen LogP) is 1.73. The molecule has 0 spiro atoms. The second-order valence-electron chi connectivity index (χ2n) is 5.25. The van der Waals surface area contributed by atoms with Gasteiger partial charge < -0.3 is 15.7 Å². The molecule has 5 heteroatoms. The molecule has 0 heterocycles. The van der Waals surface area contributed by atoms with Crippen molar-refractivity contribution in [1.82, 2.24) is 10.6 Å². The van der Waals surface area contributed by atoms with Crippen LogP contribution in [0.3, 0.4) is 0 Å². The first kappa shape index (κ1) is 13.8. The highest BCUT2D eigenvalue weighted by Gasteiger charge is 2.28. The third-order valence-corrected chi connectivity index (χ3v) is 3.27. The molecule has 1 fully saturated rings. The molecule has 1 rings (SSSR count). The van der Waals surface area contributed by atoms with Crippen LogP contribution in [0.15, 0.2) is 0 Å². The number of carbonyl (C=O) groups excluding carboxylic acids is 1. The molecular formula is C12H22N2O3. The van der Waals surface area contributed by atoms with Gasteiger partial charge in [0.1, 0.15) is 5.54 Å². The van der Waals surface area contributed by atoms with Crippen LogP contribution in [0.4, 0.5) is 4.79 Å². The molecule has 2 amide bonds. The molecule has 1 aliphatic carbocycles. The van der Waals surface area contributed by atoms with Crippen molar-refractivity contribution in [2.75, 3.05) is 6.54 Å². The van der Waals surface area contributed by atoms with Crippen LogP contribution in [0.25, 0.3) is 0 Å². The Bertz CT molecular complexity index is 283. The number of carboxylic acid groups (broad SMARTS) is 1. The molecule has 0 aromatic rings. The first-order valence-electron chi connectivity index (χ1n) is 6.21. The summed E-state index contributed by atoms with van der Waals surface area (Å²) >= 11 is 0.